The average molecular weight is 423 g/mol. The second-order valence-corrected chi connectivity index (χ2v) is 6.46. The monoisotopic (exact) mass is 423 g/mol. The van der Waals surface area contributed by atoms with E-state index in [1.807, 2.05) is 0 Å². The van der Waals surface area contributed by atoms with Crippen LogP contribution in [0.3, 0.4) is 0 Å². The molecule has 1 fully saturated rings. The minimum Gasteiger partial charge on any atom is -0.467 e. The number of benzene rings is 1. The van der Waals surface area contributed by atoms with E-state index in [1.165, 1.54) is 11.2 Å². The zero-order valence-electron chi connectivity index (χ0n) is 15.5. The summed E-state index contributed by atoms with van der Waals surface area (Å²) < 4.78 is 58.0. The summed E-state index contributed by atoms with van der Waals surface area (Å²) in [6.07, 6.45) is -4.17. The Balaban J connectivity index is 1.49. The zero-order chi connectivity index (χ0) is 21.1. The predicted octanol–water partition coefficient (Wildman–Crippen LogP) is 3.25. The third-order valence-corrected chi connectivity index (χ3v) is 4.32. The number of amides is 1. The van der Waals surface area contributed by atoms with E-state index in [0.29, 0.717) is 24.5 Å². The van der Waals surface area contributed by atoms with Gasteiger partial charge in [-0.1, -0.05) is 29.4 Å². The zero-order valence-corrected chi connectivity index (χ0v) is 15.5. The molecular weight excluding hydrogens is 407 g/mol. The van der Waals surface area contributed by atoms with Crippen LogP contribution in [0.2, 0.25) is 0 Å². The molecule has 4 rings (SSSR count). The van der Waals surface area contributed by atoms with Crippen molar-refractivity contribution in [3.63, 3.8) is 0 Å². The summed E-state index contributed by atoms with van der Waals surface area (Å²) in [5, 5.41) is 3.36. The lowest BCUT2D eigenvalue weighted by Gasteiger charge is -2.24. The Kier molecular flexibility index (Phi) is 5.55. The average Bonchev–Trinajstić information content (AvgIpc) is 3.49. The van der Waals surface area contributed by atoms with Crippen molar-refractivity contribution in [3.05, 3.63) is 59.9 Å². The van der Waals surface area contributed by atoms with Crippen LogP contribution in [0, 0.1) is 0 Å². The molecule has 11 heteroatoms. The van der Waals surface area contributed by atoms with Crippen LogP contribution in [0.5, 0.6) is 0 Å². The van der Waals surface area contributed by atoms with Gasteiger partial charge in [-0.2, -0.15) is 18.2 Å². The van der Waals surface area contributed by atoms with Crippen LogP contribution >= 0.6 is 0 Å². The molecule has 0 atom stereocenters. The lowest BCUT2D eigenvalue weighted by Crippen LogP contribution is -2.38. The van der Waals surface area contributed by atoms with E-state index >= 15 is 0 Å². The van der Waals surface area contributed by atoms with E-state index in [9.17, 15) is 18.0 Å². The van der Waals surface area contributed by atoms with E-state index in [4.69, 9.17) is 13.9 Å². The number of aromatic nitrogens is 2. The Hall–Kier alpha value is -3.18. The maximum atomic E-state index is 12.8. The number of hydrogen-bond donors (Lipinski definition) is 0. The van der Waals surface area contributed by atoms with Crippen molar-refractivity contribution in [2.45, 2.75) is 25.6 Å². The van der Waals surface area contributed by atoms with Gasteiger partial charge < -0.3 is 23.3 Å². The van der Waals surface area contributed by atoms with E-state index in [0.717, 1.165) is 5.56 Å². The molecule has 3 heterocycles. The van der Waals surface area contributed by atoms with Crippen molar-refractivity contribution < 1.29 is 36.4 Å². The van der Waals surface area contributed by atoms with E-state index in [-0.39, 0.29) is 24.8 Å². The normalized spacial score (nSPS) is 14.9. The third kappa shape index (κ3) is 4.52. The number of carbonyl (C=O) groups excluding carboxylic acids is 1. The van der Waals surface area contributed by atoms with E-state index in [2.05, 4.69) is 14.7 Å². The molecule has 158 valence electrons. The van der Waals surface area contributed by atoms with Gasteiger partial charge in [-0.05, 0) is 17.7 Å². The molecule has 1 aromatic carbocycles. The molecule has 0 N–H and O–H groups in total. The number of rotatable bonds is 6. The van der Waals surface area contributed by atoms with Crippen molar-refractivity contribution in [1.82, 2.24) is 15.0 Å². The molecule has 2 aromatic heterocycles. The van der Waals surface area contributed by atoms with Crippen molar-refractivity contribution in [3.8, 4) is 11.4 Å². The van der Waals surface area contributed by atoms with Crippen LogP contribution in [-0.2, 0) is 33.5 Å². The number of ether oxygens (including phenoxy) is 2. The lowest BCUT2D eigenvalue weighted by molar-refractivity contribution is -0.160. The van der Waals surface area contributed by atoms with Gasteiger partial charge in [0, 0.05) is 12.1 Å². The summed E-state index contributed by atoms with van der Waals surface area (Å²) in [6.45, 7) is 1.09. The highest BCUT2D eigenvalue weighted by molar-refractivity contribution is 5.79. The first-order chi connectivity index (χ1) is 14.4. The van der Waals surface area contributed by atoms with Crippen LogP contribution in [0.15, 0.2) is 51.6 Å². The van der Waals surface area contributed by atoms with Crippen molar-refractivity contribution in [1.29, 1.82) is 0 Å². The highest BCUT2D eigenvalue weighted by Crippen LogP contribution is 2.29. The van der Waals surface area contributed by atoms with Crippen LogP contribution in [0.4, 0.5) is 13.2 Å². The molecule has 3 aromatic rings. The van der Waals surface area contributed by atoms with E-state index < -0.39 is 18.4 Å². The summed E-state index contributed by atoms with van der Waals surface area (Å²) in [5.41, 5.74) is 1.08. The fraction of sp³-hybridized carbons (Fsp3) is 0.316. The molecule has 0 saturated carbocycles. The number of nitrogens with zero attached hydrogens (tertiary/aromatic N) is 3. The van der Waals surface area contributed by atoms with Crippen molar-refractivity contribution in [2.75, 3.05) is 13.2 Å². The van der Waals surface area contributed by atoms with Gasteiger partial charge in [-0.15, -0.1) is 0 Å². The molecule has 1 amide bonds. The Bertz CT molecular complexity index is 980. The molecule has 1 aliphatic heterocycles. The number of alkyl halides is 3. The molecule has 1 aliphatic rings. The molecule has 30 heavy (non-hydrogen) atoms. The molecule has 8 nitrogen and oxygen atoms in total. The van der Waals surface area contributed by atoms with Gasteiger partial charge in [0.1, 0.15) is 5.76 Å². The first-order valence-electron chi connectivity index (χ1n) is 8.95. The lowest BCUT2D eigenvalue weighted by atomic mass is 10.1. The second-order valence-electron chi connectivity index (χ2n) is 6.46. The fourth-order valence-electron chi connectivity index (χ4n) is 2.89. The molecule has 0 radical (unpaired) electrons. The summed E-state index contributed by atoms with van der Waals surface area (Å²) >= 11 is 0. The fourth-order valence-corrected chi connectivity index (χ4v) is 2.89. The van der Waals surface area contributed by atoms with Gasteiger partial charge in [-0.25, -0.2) is 0 Å². The van der Waals surface area contributed by atoms with Crippen molar-refractivity contribution >= 4 is 5.91 Å². The van der Waals surface area contributed by atoms with Gasteiger partial charge in [0.25, 0.3) is 5.91 Å². The topological polar surface area (TPSA) is 90.8 Å². The first-order valence-corrected chi connectivity index (χ1v) is 8.95. The smallest absolute Gasteiger partial charge is 0.467 e. The van der Waals surface area contributed by atoms with Gasteiger partial charge in [0.2, 0.25) is 12.1 Å². The van der Waals surface area contributed by atoms with Crippen LogP contribution in [0.25, 0.3) is 11.4 Å². The third-order valence-electron chi connectivity index (χ3n) is 4.32. The highest BCUT2D eigenvalue weighted by Gasteiger charge is 2.38. The number of hydrogen-bond acceptors (Lipinski definition) is 7. The Morgan fingerprint density at radius 1 is 1.10 bits per heavy atom. The highest BCUT2D eigenvalue weighted by atomic mass is 19.4. The van der Waals surface area contributed by atoms with Gasteiger partial charge in [0.15, 0.2) is 0 Å². The maximum Gasteiger partial charge on any atom is 0.471 e. The van der Waals surface area contributed by atoms with Crippen molar-refractivity contribution in [2.24, 2.45) is 0 Å². The summed E-state index contributed by atoms with van der Waals surface area (Å²) in [6, 6.07) is 9.90. The van der Waals surface area contributed by atoms with Gasteiger partial charge in [0.05, 0.1) is 26.0 Å². The number of furan rings is 1. The molecule has 1 saturated heterocycles. The molecule has 0 unspecified atom stereocenters. The molecule has 0 aliphatic carbocycles. The molecule has 0 bridgehead atoms. The molecular formula is C19H16F3N3O5. The SMILES string of the molecule is O=C(C1OCCO1)N(Cc1ccc(-c2noc(C(F)(F)F)n2)cc1)Cc1ccco1. The predicted molar refractivity (Wildman–Crippen MR) is 93.4 cm³/mol. The number of halogens is 3. The van der Waals surface area contributed by atoms with Crippen LogP contribution in [-0.4, -0.2) is 40.5 Å². The summed E-state index contributed by atoms with van der Waals surface area (Å²) in [5.74, 6) is -1.34. The minimum absolute atomic E-state index is 0.176. The van der Waals surface area contributed by atoms with Gasteiger partial charge in [-0.3, -0.25) is 4.79 Å². The minimum atomic E-state index is -4.71. The standard InChI is InChI=1S/C19H16F3N3O5/c20-19(21,22)18-23-15(24-30-18)13-5-3-12(4-6-13)10-25(11-14-2-1-7-27-14)16(26)17-28-8-9-29-17/h1-7,17H,8-11H2. The van der Waals surface area contributed by atoms with Gasteiger partial charge >= 0.3 is 12.1 Å². The largest absolute Gasteiger partial charge is 0.471 e. The Morgan fingerprint density at radius 3 is 2.43 bits per heavy atom. The second kappa shape index (κ2) is 8.28. The van der Waals surface area contributed by atoms with Crippen LogP contribution < -0.4 is 0 Å². The molecule has 0 spiro atoms. The summed E-state index contributed by atoms with van der Waals surface area (Å²) in [7, 11) is 0. The number of carbonyl (C=O) groups is 1. The quantitative estimate of drug-likeness (QED) is 0.601. The Morgan fingerprint density at radius 2 is 1.83 bits per heavy atom. The first kappa shape index (κ1) is 20.1. The van der Waals surface area contributed by atoms with E-state index in [1.54, 1.807) is 36.4 Å². The maximum absolute atomic E-state index is 12.8. The Labute approximate surface area is 168 Å². The summed E-state index contributed by atoms with van der Waals surface area (Å²) in [4.78, 5) is 17.6. The van der Waals surface area contributed by atoms with Crippen LogP contribution in [0.1, 0.15) is 17.2 Å².